The molecule has 4 nitrogen and oxygen atoms in total. The molecular formula is C11H16N2O2. The van der Waals surface area contributed by atoms with E-state index < -0.39 is 11.4 Å². The van der Waals surface area contributed by atoms with Crippen LogP contribution in [0.1, 0.15) is 19.4 Å². The average molecular weight is 208 g/mol. The van der Waals surface area contributed by atoms with Crippen molar-refractivity contribution in [2.45, 2.75) is 25.9 Å². The largest absolute Gasteiger partial charge is 0.508 e. The molecule has 0 aromatic heterocycles. The van der Waals surface area contributed by atoms with E-state index in [1.54, 1.807) is 32.0 Å². The van der Waals surface area contributed by atoms with Crippen LogP contribution in [-0.4, -0.2) is 16.6 Å². The lowest BCUT2D eigenvalue weighted by Crippen LogP contribution is -2.50. The highest BCUT2D eigenvalue weighted by Crippen LogP contribution is 2.11. The molecule has 1 amide bonds. The number of nitrogens with one attached hydrogen (secondary N) is 1. The lowest BCUT2D eigenvalue weighted by atomic mass is 10.0. The predicted molar refractivity (Wildman–Crippen MR) is 58.2 cm³/mol. The van der Waals surface area contributed by atoms with Gasteiger partial charge in [0.2, 0.25) is 5.91 Å². The summed E-state index contributed by atoms with van der Waals surface area (Å²) in [5, 5.41) is 12.2. The van der Waals surface area contributed by atoms with Crippen LogP contribution in [0.2, 0.25) is 0 Å². The van der Waals surface area contributed by atoms with Crippen LogP contribution in [0.15, 0.2) is 24.3 Å². The Balaban J connectivity index is 2.61. The minimum atomic E-state index is -0.745. The standard InChI is InChI=1S/C11H16N2O2/c1-11(2,10(12)15)13-7-8-4-3-5-9(14)6-8/h3-6,13-14H,7H2,1-2H3,(H2,12,15). The first-order valence-electron chi connectivity index (χ1n) is 4.74. The van der Waals surface area contributed by atoms with E-state index in [1.807, 2.05) is 6.07 Å². The highest BCUT2D eigenvalue weighted by Gasteiger charge is 2.23. The highest BCUT2D eigenvalue weighted by atomic mass is 16.3. The van der Waals surface area contributed by atoms with E-state index in [-0.39, 0.29) is 5.75 Å². The smallest absolute Gasteiger partial charge is 0.237 e. The normalized spacial score (nSPS) is 11.3. The average Bonchev–Trinajstić information content (AvgIpc) is 2.15. The number of carbonyl (C=O) groups excluding carboxylic acids is 1. The molecule has 0 spiro atoms. The van der Waals surface area contributed by atoms with Gasteiger partial charge in [-0.25, -0.2) is 0 Å². The minimum absolute atomic E-state index is 0.214. The highest BCUT2D eigenvalue weighted by molar-refractivity contribution is 5.83. The topological polar surface area (TPSA) is 75.3 Å². The molecule has 0 aliphatic carbocycles. The van der Waals surface area contributed by atoms with Crippen molar-refractivity contribution < 1.29 is 9.90 Å². The van der Waals surface area contributed by atoms with Crippen LogP contribution >= 0.6 is 0 Å². The van der Waals surface area contributed by atoms with Crippen molar-refractivity contribution in [2.75, 3.05) is 0 Å². The molecule has 0 aliphatic rings. The van der Waals surface area contributed by atoms with Crippen LogP contribution in [-0.2, 0) is 11.3 Å². The van der Waals surface area contributed by atoms with Gasteiger partial charge in [-0.1, -0.05) is 12.1 Å². The van der Waals surface area contributed by atoms with Gasteiger partial charge in [-0.05, 0) is 31.5 Å². The summed E-state index contributed by atoms with van der Waals surface area (Å²) >= 11 is 0. The Labute approximate surface area is 89.1 Å². The van der Waals surface area contributed by atoms with Crippen molar-refractivity contribution in [3.05, 3.63) is 29.8 Å². The molecule has 82 valence electrons. The summed E-state index contributed by atoms with van der Waals surface area (Å²) in [6.45, 7) is 3.93. The Kier molecular flexibility index (Phi) is 3.31. The Morgan fingerprint density at radius 3 is 2.73 bits per heavy atom. The van der Waals surface area contributed by atoms with E-state index in [2.05, 4.69) is 5.32 Å². The second-order valence-corrected chi connectivity index (χ2v) is 4.01. The van der Waals surface area contributed by atoms with Crippen LogP contribution in [0.4, 0.5) is 0 Å². The zero-order valence-corrected chi connectivity index (χ0v) is 8.95. The van der Waals surface area contributed by atoms with E-state index in [1.165, 1.54) is 0 Å². The maximum absolute atomic E-state index is 11.0. The zero-order chi connectivity index (χ0) is 11.5. The molecule has 1 aromatic rings. The van der Waals surface area contributed by atoms with Crippen molar-refractivity contribution in [1.82, 2.24) is 5.32 Å². The van der Waals surface area contributed by atoms with E-state index in [9.17, 15) is 9.90 Å². The summed E-state index contributed by atoms with van der Waals surface area (Å²) in [5.41, 5.74) is 5.38. The van der Waals surface area contributed by atoms with Crippen molar-refractivity contribution in [3.8, 4) is 5.75 Å². The third-order valence-electron chi connectivity index (χ3n) is 2.26. The van der Waals surface area contributed by atoms with Crippen LogP contribution in [0.5, 0.6) is 5.75 Å². The number of nitrogens with two attached hydrogens (primary N) is 1. The molecule has 4 heteroatoms. The maximum atomic E-state index is 11.0. The quantitative estimate of drug-likeness (QED) is 0.683. The summed E-state index contributed by atoms with van der Waals surface area (Å²) in [6, 6.07) is 6.86. The monoisotopic (exact) mass is 208 g/mol. The van der Waals surface area contributed by atoms with Crippen molar-refractivity contribution >= 4 is 5.91 Å². The third kappa shape index (κ3) is 3.25. The molecule has 0 aliphatic heterocycles. The Morgan fingerprint density at radius 1 is 1.53 bits per heavy atom. The Bertz CT molecular complexity index is 361. The van der Waals surface area contributed by atoms with Gasteiger partial charge in [0.05, 0.1) is 5.54 Å². The first-order chi connectivity index (χ1) is 6.92. The predicted octanol–water partition coefficient (Wildman–Crippen LogP) is 0.746. The van der Waals surface area contributed by atoms with Gasteiger partial charge in [0.1, 0.15) is 5.75 Å². The first-order valence-corrected chi connectivity index (χ1v) is 4.74. The van der Waals surface area contributed by atoms with E-state index in [0.717, 1.165) is 5.56 Å². The second-order valence-electron chi connectivity index (χ2n) is 4.01. The van der Waals surface area contributed by atoms with Gasteiger partial charge >= 0.3 is 0 Å². The fourth-order valence-corrected chi connectivity index (χ4v) is 1.08. The van der Waals surface area contributed by atoms with Crippen LogP contribution in [0, 0.1) is 0 Å². The first kappa shape index (κ1) is 11.5. The number of primary amides is 1. The molecule has 0 unspecified atom stereocenters. The van der Waals surface area contributed by atoms with Crippen LogP contribution in [0.3, 0.4) is 0 Å². The number of rotatable bonds is 4. The van der Waals surface area contributed by atoms with Crippen molar-refractivity contribution in [2.24, 2.45) is 5.73 Å². The van der Waals surface area contributed by atoms with Crippen LogP contribution in [0.25, 0.3) is 0 Å². The van der Waals surface area contributed by atoms with Gasteiger partial charge in [0.25, 0.3) is 0 Å². The maximum Gasteiger partial charge on any atom is 0.237 e. The lowest BCUT2D eigenvalue weighted by molar-refractivity contribution is -0.123. The molecule has 0 saturated carbocycles. The number of hydrogen-bond donors (Lipinski definition) is 3. The number of phenolic OH excluding ortho intramolecular Hbond substituents is 1. The summed E-state index contributed by atoms with van der Waals surface area (Å²) in [4.78, 5) is 11.0. The number of aromatic hydroxyl groups is 1. The van der Waals surface area contributed by atoms with Gasteiger partial charge in [-0.15, -0.1) is 0 Å². The number of hydrogen-bond acceptors (Lipinski definition) is 3. The molecule has 1 aromatic carbocycles. The van der Waals surface area contributed by atoms with Gasteiger partial charge in [-0.2, -0.15) is 0 Å². The van der Waals surface area contributed by atoms with E-state index >= 15 is 0 Å². The molecule has 0 fully saturated rings. The molecular weight excluding hydrogens is 192 g/mol. The van der Waals surface area contributed by atoms with Gasteiger partial charge in [0.15, 0.2) is 0 Å². The molecule has 0 radical (unpaired) electrons. The van der Waals surface area contributed by atoms with Gasteiger partial charge in [0, 0.05) is 6.54 Å². The molecule has 15 heavy (non-hydrogen) atoms. The molecule has 4 N–H and O–H groups in total. The summed E-state index contributed by atoms with van der Waals surface area (Å²) in [6.07, 6.45) is 0. The summed E-state index contributed by atoms with van der Waals surface area (Å²) < 4.78 is 0. The van der Waals surface area contributed by atoms with Crippen molar-refractivity contribution in [1.29, 1.82) is 0 Å². The minimum Gasteiger partial charge on any atom is -0.508 e. The van der Waals surface area contributed by atoms with Gasteiger partial charge < -0.3 is 10.8 Å². The Hall–Kier alpha value is -1.55. The molecule has 0 heterocycles. The molecule has 0 bridgehead atoms. The fourth-order valence-electron chi connectivity index (χ4n) is 1.08. The summed E-state index contributed by atoms with van der Waals surface area (Å²) in [5.74, 6) is -0.186. The zero-order valence-electron chi connectivity index (χ0n) is 8.95. The SMILES string of the molecule is CC(C)(NCc1cccc(O)c1)C(N)=O. The summed E-state index contributed by atoms with van der Waals surface area (Å²) in [7, 11) is 0. The molecule has 0 saturated heterocycles. The van der Waals surface area contributed by atoms with Crippen LogP contribution < -0.4 is 11.1 Å². The number of phenols is 1. The van der Waals surface area contributed by atoms with Gasteiger partial charge in [-0.3, -0.25) is 10.1 Å². The van der Waals surface area contributed by atoms with Crippen molar-refractivity contribution in [3.63, 3.8) is 0 Å². The third-order valence-corrected chi connectivity index (χ3v) is 2.26. The number of amides is 1. The fraction of sp³-hybridized carbons (Fsp3) is 0.364. The van der Waals surface area contributed by atoms with E-state index in [0.29, 0.717) is 6.54 Å². The Morgan fingerprint density at radius 2 is 2.20 bits per heavy atom. The lowest BCUT2D eigenvalue weighted by Gasteiger charge is -2.22. The van der Waals surface area contributed by atoms with E-state index in [4.69, 9.17) is 5.73 Å². The number of benzene rings is 1. The number of carbonyl (C=O) groups is 1. The molecule has 0 atom stereocenters. The molecule has 1 rings (SSSR count). The second kappa shape index (κ2) is 4.31.